The van der Waals surface area contributed by atoms with Crippen LogP contribution in [-0.2, 0) is 0 Å². The van der Waals surface area contributed by atoms with Gasteiger partial charge in [0.05, 0.1) is 27.6 Å². The molecule has 2 aromatic heterocycles. The molecule has 4 nitrogen and oxygen atoms in total. The molecule has 2 N–H and O–H groups in total. The van der Waals surface area contributed by atoms with E-state index in [4.69, 9.17) is 16.0 Å². The third-order valence-electron chi connectivity index (χ3n) is 4.76. The van der Waals surface area contributed by atoms with Gasteiger partial charge >= 0.3 is 5.63 Å². The molecule has 5 heteroatoms. The molecule has 0 saturated carbocycles. The lowest BCUT2D eigenvalue weighted by Gasteiger charge is -2.10. The van der Waals surface area contributed by atoms with Crippen molar-refractivity contribution < 1.29 is 4.42 Å². The monoisotopic (exact) mass is 386 g/mol. The molecule has 0 aliphatic rings. The van der Waals surface area contributed by atoms with E-state index in [0.717, 1.165) is 27.8 Å². The summed E-state index contributed by atoms with van der Waals surface area (Å²) in [5.41, 5.74) is 4.01. The van der Waals surface area contributed by atoms with Crippen LogP contribution < -0.4 is 10.9 Å². The number of hydrogen-bond acceptors (Lipinski definition) is 3. The Bertz CT molecular complexity index is 1370. The van der Waals surface area contributed by atoms with E-state index in [1.165, 1.54) is 0 Å². The van der Waals surface area contributed by atoms with Crippen LogP contribution in [0.15, 0.2) is 88.1 Å². The van der Waals surface area contributed by atoms with Crippen LogP contribution in [0.5, 0.6) is 0 Å². The molecule has 0 fully saturated rings. The topological polar surface area (TPSA) is 58.0 Å². The largest absolute Gasteiger partial charge is 0.422 e. The zero-order valence-electron chi connectivity index (χ0n) is 14.7. The number of H-pyrrole nitrogens is 1. The van der Waals surface area contributed by atoms with Gasteiger partial charge in [-0.05, 0) is 24.3 Å². The predicted molar refractivity (Wildman–Crippen MR) is 115 cm³/mol. The van der Waals surface area contributed by atoms with Crippen molar-refractivity contribution in [3.8, 4) is 11.3 Å². The normalized spacial score (nSPS) is 11.2. The summed E-state index contributed by atoms with van der Waals surface area (Å²) in [6, 6.07) is 24.8. The Balaban J connectivity index is 1.87. The van der Waals surface area contributed by atoms with Crippen LogP contribution in [0.1, 0.15) is 0 Å². The van der Waals surface area contributed by atoms with Crippen molar-refractivity contribution in [3.05, 3.63) is 94.3 Å². The molecule has 0 saturated heterocycles. The lowest BCUT2D eigenvalue weighted by atomic mass is 10.1. The van der Waals surface area contributed by atoms with Crippen LogP contribution in [0.25, 0.3) is 33.1 Å². The number of para-hydroxylation sites is 2. The van der Waals surface area contributed by atoms with Crippen LogP contribution in [0, 0.1) is 0 Å². The number of aromatic amines is 1. The fourth-order valence-corrected chi connectivity index (χ4v) is 3.65. The fraction of sp³-hybridized carbons (Fsp3) is 0. The summed E-state index contributed by atoms with van der Waals surface area (Å²) in [6.07, 6.45) is 0. The summed E-state index contributed by atoms with van der Waals surface area (Å²) in [6.45, 7) is 0. The SMILES string of the molecule is O=c1oc2ccccc2c2[nH]c(-c3ccccc3)c(Nc3ccccc3Cl)c12. The number of anilines is 2. The Morgan fingerprint density at radius 2 is 1.57 bits per heavy atom. The first-order chi connectivity index (χ1) is 13.7. The highest BCUT2D eigenvalue weighted by atomic mass is 35.5. The Morgan fingerprint density at radius 3 is 2.39 bits per heavy atom. The maximum atomic E-state index is 12.9. The first kappa shape index (κ1) is 16.7. The minimum Gasteiger partial charge on any atom is -0.422 e. The van der Waals surface area contributed by atoms with Gasteiger partial charge in [-0.25, -0.2) is 4.79 Å². The van der Waals surface area contributed by atoms with Crippen LogP contribution in [-0.4, -0.2) is 4.98 Å². The molecule has 0 aliphatic heterocycles. The molecular weight excluding hydrogens is 372 g/mol. The Morgan fingerprint density at radius 1 is 0.857 bits per heavy atom. The fourth-order valence-electron chi connectivity index (χ4n) is 3.46. The Labute approximate surface area is 165 Å². The summed E-state index contributed by atoms with van der Waals surface area (Å²) in [4.78, 5) is 16.3. The van der Waals surface area contributed by atoms with E-state index in [1.54, 1.807) is 12.1 Å². The number of benzene rings is 3. The van der Waals surface area contributed by atoms with Gasteiger partial charge in [0.2, 0.25) is 0 Å². The lowest BCUT2D eigenvalue weighted by Crippen LogP contribution is -2.02. The second-order valence-corrected chi connectivity index (χ2v) is 6.89. The van der Waals surface area contributed by atoms with E-state index >= 15 is 0 Å². The molecule has 0 bridgehead atoms. The molecule has 0 atom stereocenters. The van der Waals surface area contributed by atoms with Gasteiger partial charge in [-0.2, -0.15) is 0 Å². The molecule has 0 spiro atoms. The minimum atomic E-state index is -0.401. The molecule has 2 heterocycles. The smallest absolute Gasteiger partial charge is 0.347 e. The summed E-state index contributed by atoms with van der Waals surface area (Å²) in [5, 5.41) is 5.23. The minimum absolute atomic E-state index is 0.401. The Kier molecular flexibility index (Phi) is 3.92. The third kappa shape index (κ3) is 2.66. The molecule has 3 aromatic carbocycles. The van der Waals surface area contributed by atoms with Crippen molar-refractivity contribution in [2.75, 3.05) is 5.32 Å². The molecule has 136 valence electrons. The van der Waals surface area contributed by atoms with Crippen LogP contribution in [0.4, 0.5) is 11.4 Å². The van der Waals surface area contributed by atoms with Gasteiger partial charge in [0.1, 0.15) is 11.0 Å². The zero-order chi connectivity index (χ0) is 19.1. The lowest BCUT2D eigenvalue weighted by molar-refractivity contribution is 0.570. The molecule has 0 unspecified atom stereocenters. The molecular formula is C23H15ClN2O2. The van der Waals surface area contributed by atoms with Crippen molar-refractivity contribution in [1.82, 2.24) is 4.98 Å². The summed E-state index contributed by atoms with van der Waals surface area (Å²) < 4.78 is 5.58. The van der Waals surface area contributed by atoms with Crippen molar-refractivity contribution in [2.24, 2.45) is 0 Å². The Hall–Kier alpha value is -3.50. The van der Waals surface area contributed by atoms with Crippen molar-refractivity contribution in [3.63, 3.8) is 0 Å². The number of aromatic nitrogens is 1. The van der Waals surface area contributed by atoms with Crippen LogP contribution in [0.3, 0.4) is 0 Å². The van der Waals surface area contributed by atoms with E-state index in [2.05, 4.69) is 10.3 Å². The van der Waals surface area contributed by atoms with Crippen molar-refractivity contribution in [2.45, 2.75) is 0 Å². The standard InChI is InChI=1S/C23H15ClN2O2/c24-16-11-5-6-12-17(16)25-22-19-21(26-20(22)14-8-2-1-3-9-14)15-10-4-7-13-18(15)28-23(19)27/h1-13,25-26H. The maximum Gasteiger partial charge on any atom is 0.347 e. The van der Waals surface area contributed by atoms with E-state index in [-0.39, 0.29) is 0 Å². The second-order valence-electron chi connectivity index (χ2n) is 6.48. The van der Waals surface area contributed by atoms with E-state index < -0.39 is 5.63 Å². The predicted octanol–water partition coefficient (Wildman–Crippen LogP) is 6.34. The van der Waals surface area contributed by atoms with Gasteiger partial charge in [-0.1, -0.05) is 66.2 Å². The summed E-state index contributed by atoms with van der Waals surface area (Å²) >= 11 is 6.35. The molecule has 0 radical (unpaired) electrons. The molecule has 5 rings (SSSR count). The number of nitrogens with one attached hydrogen (secondary N) is 2. The second kappa shape index (κ2) is 6.59. The van der Waals surface area contributed by atoms with Gasteiger partial charge < -0.3 is 14.7 Å². The number of rotatable bonds is 3. The van der Waals surface area contributed by atoms with E-state index in [1.807, 2.05) is 66.7 Å². The van der Waals surface area contributed by atoms with Gasteiger partial charge in [0.15, 0.2) is 0 Å². The first-order valence-electron chi connectivity index (χ1n) is 8.87. The number of fused-ring (bicyclic) bond motifs is 3. The van der Waals surface area contributed by atoms with Gasteiger partial charge in [-0.3, -0.25) is 0 Å². The van der Waals surface area contributed by atoms with Gasteiger partial charge in [0.25, 0.3) is 0 Å². The molecule has 5 aromatic rings. The quantitative estimate of drug-likeness (QED) is 0.356. The van der Waals surface area contributed by atoms with Gasteiger partial charge in [0, 0.05) is 10.9 Å². The summed E-state index contributed by atoms with van der Waals surface area (Å²) in [5.74, 6) is 0. The van der Waals surface area contributed by atoms with Gasteiger partial charge in [-0.15, -0.1) is 0 Å². The average molecular weight is 387 g/mol. The summed E-state index contributed by atoms with van der Waals surface area (Å²) in [7, 11) is 0. The average Bonchev–Trinajstić information content (AvgIpc) is 3.11. The maximum absolute atomic E-state index is 12.9. The molecule has 0 aliphatic carbocycles. The third-order valence-corrected chi connectivity index (χ3v) is 5.09. The highest BCUT2D eigenvalue weighted by Gasteiger charge is 2.20. The van der Waals surface area contributed by atoms with Crippen molar-refractivity contribution in [1.29, 1.82) is 0 Å². The van der Waals surface area contributed by atoms with Crippen LogP contribution in [0.2, 0.25) is 5.02 Å². The van der Waals surface area contributed by atoms with E-state index in [0.29, 0.717) is 21.7 Å². The highest BCUT2D eigenvalue weighted by molar-refractivity contribution is 6.33. The van der Waals surface area contributed by atoms with E-state index in [9.17, 15) is 4.79 Å². The zero-order valence-corrected chi connectivity index (χ0v) is 15.5. The van der Waals surface area contributed by atoms with Crippen LogP contribution >= 0.6 is 11.6 Å². The highest BCUT2D eigenvalue weighted by Crippen LogP contribution is 2.39. The van der Waals surface area contributed by atoms with Crippen molar-refractivity contribution >= 4 is 44.8 Å². The number of halogens is 1. The molecule has 28 heavy (non-hydrogen) atoms. The number of hydrogen-bond donors (Lipinski definition) is 2. The molecule has 0 amide bonds. The first-order valence-corrected chi connectivity index (χ1v) is 9.24.